The van der Waals surface area contributed by atoms with Crippen LogP contribution in [0.2, 0.25) is 0 Å². The lowest BCUT2D eigenvalue weighted by Crippen LogP contribution is -2.59. The summed E-state index contributed by atoms with van der Waals surface area (Å²) >= 11 is 4.83. The van der Waals surface area contributed by atoms with Crippen molar-refractivity contribution in [1.29, 1.82) is 0 Å². The number of anilines is 1. The predicted octanol–water partition coefficient (Wildman–Crippen LogP) is 4.09. The van der Waals surface area contributed by atoms with Gasteiger partial charge in [-0.1, -0.05) is 45.9 Å². The Bertz CT molecular complexity index is 1240. The number of carbonyl (C=O) groups excluding carboxylic acids is 1. The lowest BCUT2D eigenvalue weighted by atomic mass is 9.84. The Morgan fingerprint density at radius 2 is 1.85 bits per heavy atom. The van der Waals surface area contributed by atoms with Gasteiger partial charge in [0.25, 0.3) is 16.0 Å². The summed E-state index contributed by atoms with van der Waals surface area (Å²) in [5.41, 5.74) is 2.04. The van der Waals surface area contributed by atoms with Crippen LogP contribution in [-0.2, 0) is 14.9 Å². The molecule has 1 unspecified atom stereocenters. The molecule has 0 aromatic heterocycles. The number of aryl methyl sites for hydroxylation is 1. The van der Waals surface area contributed by atoms with E-state index >= 15 is 0 Å². The second-order valence-corrected chi connectivity index (χ2v) is 12.5. The first kappa shape index (κ1) is 23.9. The van der Waals surface area contributed by atoms with Crippen molar-refractivity contribution in [2.75, 3.05) is 24.5 Å². The Kier molecular flexibility index (Phi) is 6.54. The molecule has 2 atom stereocenters. The van der Waals surface area contributed by atoms with Crippen molar-refractivity contribution < 1.29 is 17.8 Å². The molecule has 4 aliphatic heterocycles. The monoisotopic (exact) mass is 563 g/mol. The van der Waals surface area contributed by atoms with Crippen molar-refractivity contribution in [3.8, 4) is 0 Å². The normalized spacial score (nSPS) is 26.4. The smallest absolute Gasteiger partial charge is 0.296 e. The van der Waals surface area contributed by atoms with Gasteiger partial charge in [-0.25, -0.2) is 0 Å². The van der Waals surface area contributed by atoms with Crippen LogP contribution in [-0.4, -0.2) is 54.8 Å². The minimum Gasteiger partial charge on any atom is -0.349 e. The number of rotatable bonds is 5. The van der Waals surface area contributed by atoms with Crippen LogP contribution in [0.4, 0.5) is 5.69 Å². The van der Waals surface area contributed by atoms with Gasteiger partial charge in [-0.3, -0.25) is 9.35 Å². The van der Waals surface area contributed by atoms with E-state index in [-0.39, 0.29) is 22.5 Å². The minimum atomic E-state index is -4.48. The molecular formula is C24H26BrN3O4S2. The third-order valence-electron chi connectivity index (χ3n) is 6.75. The van der Waals surface area contributed by atoms with E-state index in [0.717, 1.165) is 53.0 Å². The highest BCUT2D eigenvalue weighted by Crippen LogP contribution is 2.44. The van der Waals surface area contributed by atoms with Gasteiger partial charge in [-0.05, 0) is 74.2 Å². The molecule has 3 fully saturated rings. The fourth-order valence-corrected chi connectivity index (χ4v) is 7.05. The van der Waals surface area contributed by atoms with Crippen LogP contribution in [0.25, 0.3) is 4.91 Å². The summed E-state index contributed by atoms with van der Waals surface area (Å²) in [6.07, 6.45) is 3.97. The van der Waals surface area contributed by atoms with E-state index in [1.807, 2.05) is 31.2 Å². The number of benzene rings is 2. The number of thioether (sulfide) groups is 1. The largest absolute Gasteiger partial charge is 0.349 e. The second-order valence-electron chi connectivity index (χ2n) is 9.08. The summed E-state index contributed by atoms with van der Waals surface area (Å²) < 4.78 is 35.2. The molecule has 180 valence electrons. The van der Waals surface area contributed by atoms with E-state index in [1.54, 1.807) is 23.2 Å². The number of hydrogen-bond acceptors (Lipinski definition) is 6. The van der Waals surface area contributed by atoms with E-state index in [4.69, 9.17) is 0 Å². The Morgan fingerprint density at radius 1 is 1.15 bits per heavy atom. The fraction of sp³-hybridized carbons (Fsp3) is 0.375. The molecule has 2 N–H and O–H groups in total. The third kappa shape index (κ3) is 4.79. The molecule has 3 saturated heterocycles. The maximum absolute atomic E-state index is 13.6. The molecule has 6 rings (SSSR count). The van der Waals surface area contributed by atoms with E-state index in [9.17, 15) is 17.8 Å². The Morgan fingerprint density at radius 3 is 2.47 bits per heavy atom. The van der Waals surface area contributed by atoms with Crippen molar-refractivity contribution in [2.45, 2.75) is 36.1 Å². The van der Waals surface area contributed by atoms with Gasteiger partial charge in [-0.2, -0.15) is 8.42 Å². The Balaban J connectivity index is 1.51. The quantitative estimate of drug-likeness (QED) is 0.529. The van der Waals surface area contributed by atoms with Crippen LogP contribution >= 0.6 is 27.7 Å². The molecule has 0 saturated carbocycles. The van der Waals surface area contributed by atoms with Crippen LogP contribution < -0.4 is 10.2 Å². The average molecular weight is 565 g/mol. The fourth-order valence-electron chi connectivity index (χ4n) is 4.96. The first-order chi connectivity index (χ1) is 16.2. The summed E-state index contributed by atoms with van der Waals surface area (Å²) in [6, 6.07) is 12.6. The highest BCUT2D eigenvalue weighted by Gasteiger charge is 2.40. The SMILES string of the molecule is Cc1ccc(S(=O)(=O)O)c(N2C=C(c3ccc(Br)cc3)SC2C(=O)N[C@H]2CN3CCC2CC3)c1. The van der Waals surface area contributed by atoms with Gasteiger partial charge in [0.2, 0.25) is 0 Å². The first-order valence-corrected chi connectivity index (χ1v) is 14.3. The number of nitrogens with one attached hydrogen (secondary N) is 1. The van der Waals surface area contributed by atoms with E-state index in [2.05, 4.69) is 26.1 Å². The summed E-state index contributed by atoms with van der Waals surface area (Å²) in [6.45, 7) is 4.86. The van der Waals surface area contributed by atoms with E-state index < -0.39 is 15.5 Å². The molecule has 4 heterocycles. The van der Waals surface area contributed by atoms with Crippen molar-refractivity contribution in [1.82, 2.24) is 10.2 Å². The minimum absolute atomic E-state index is 0.0905. The zero-order valence-electron chi connectivity index (χ0n) is 18.6. The van der Waals surface area contributed by atoms with Gasteiger partial charge in [0.05, 0.1) is 5.69 Å². The molecule has 7 nitrogen and oxygen atoms in total. The van der Waals surface area contributed by atoms with Crippen molar-refractivity contribution >= 4 is 54.3 Å². The van der Waals surface area contributed by atoms with Gasteiger partial charge in [-0.15, -0.1) is 0 Å². The van der Waals surface area contributed by atoms with Crippen LogP contribution in [0.15, 0.2) is 58.0 Å². The molecule has 10 heteroatoms. The van der Waals surface area contributed by atoms with Crippen LogP contribution in [0, 0.1) is 12.8 Å². The van der Waals surface area contributed by atoms with Crippen molar-refractivity contribution in [3.05, 3.63) is 64.3 Å². The van der Waals surface area contributed by atoms with Crippen LogP contribution in [0.5, 0.6) is 0 Å². The number of fused-ring (bicyclic) bond motifs is 3. The highest BCUT2D eigenvalue weighted by molar-refractivity contribution is 9.10. The standard InChI is InChI=1S/C24H26BrN3O4S2/c1-15-2-7-22(34(30,31)32)20(12-15)28-14-21(17-3-5-18(25)6-4-17)33-24(28)23(29)26-19-13-27-10-8-16(19)9-11-27/h2-7,12,14,16,19,24H,8-11,13H2,1H3,(H,26,29)(H,30,31,32)/t19-,24?/m0/s1. The zero-order valence-corrected chi connectivity index (χ0v) is 21.9. The van der Waals surface area contributed by atoms with Crippen LogP contribution in [0.1, 0.15) is 24.0 Å². The number of carbonyl (C=O) groups is 1. The van der Waals surface area contributed by atoms with Gasteiger partial charge in [0.15, 0.2) is 5.37 Å². The molecule has 4 aliphatic rings. The van der Waals surface area contributed by atoms with E-state index in [0.29, 0.717) is 5.92 Å². The lowest BCUT2D eigenvalue weighted by Gasteiger charge is -2.45. The maximum Gasteiger partial charge on any atom is 0.296 e. The zero-order chi connectivity index (χ0) is 24.0. The topological polar surface area (TPSA) is 90.0 Å². The molecule has 0 spiro atoms. The molecule has 1 amide bonds. The highest BCUT2D eigenvalue weighted by atomic mass is 79.9. The maximum atomic E-state index is 13.6. The van der Waals surface area contributed by atoms with Crippen LogP contribution in [0.3, 0.4) is 0 Å². The lowest BCUT2D eigenvalue weighted by molar-refractivity contribution is -0.122. The molecule has 0 aliphatic carbocycles. The molecule has 34 heavy (non-hydrogen) atoms. The number of nitrogens with zero attached hydrogens (tertiary/aromatic N) is 2. The van der Waals surface area contributed by atoms with Gasteiger partial charge >= 0.3 is 0 Å². The average Bonchev–Trinajstić information content (AvgIpc) is 3.25. The van der Waals surface area contributed by atoms with E-state index in [1.165, 1.54) is 17.8 Å². The van der Waals surface area contributed by atoms with Gasteiger partial charge in [0.1, 0.15) is 4.90 Å². The first-order valence-electron chi connectivity index (χ1n) is 11.2. The number of piperidine rings is 3. The number of amides is 1. The van der Waals surface area contributed by atoms with Gasteiger partial charge in [0, 0.05) is 28.2 Å². The summed E-state index contributed by atoms with van der Waals surface area (Å²) in [5, 5.41) is 2.55. The third-order valence-corrected chi connectivity index (χ3v) is 9.44. The summed E-state index contributed by atoms with van der Waals surface area (Å²) in [7, 11) is -4.48. The predicted molar refractivity (Wildman–Crippen MR) is 138 cm³/mol. The van der Waals surface area contributed by atoms with Crippen molar-refractivity contribution in [2.24, 2.45) is 5.92 Å². The molecule has 0 radical (unpaired) electrons. The molecule has 2 aromatic carbocycles. The second kappa shape index (κ2) is 9.31. The number of hydrogen-bond donors (Lipinski definition) is 2. The Labute approximate surface area is 212 Å². The summed E-state index contributed by atoms with van der Waals surface area (Å²) in [4.78, 5) is 18.3. The van der Waals surface area contributed by atoms with Gasteiger partial charge < -0.3 is 15.1 Å². The molecule has 2 bridgehead atoms. The summed E-state index contributed by atoms with van der Waals surface area (Å²) in [5.74, 6) is 0.315. The number of halogens is 1. The van der Waals surface area contributed by atoms with Crippen molar-refractivity contribution in [3.63, 3.8) is 0 Å². The molecule has 2 aromatic rings. The Hall–Kier alpha value is -1.85. The molecular weight excluding hydrogens is 538 g/mol.